The number of nitro groups is 1. The zero-order chi connectivity index (χ0) is 35.7. The Balaban J connectivity index is 1.93. The summed E-state index contributed by atoms with van der Waals surface area (Å²) in [5.74, 6) is -9.86. The molecular formula is C25H9F12N3O8. The Labute approximate surface area is 254 Å². The van der Waals surface area contributed by atoms with Gasteiger partial charge in [0.25, 0.3) is 17.9 Å². The number of carboxylic acids is 1. The minimum absolute atomic E-state index is 0.529. The Morgan fingerprint density at radius 1 is 0.708 bits per heavy atom. The SMILES string of the molecule is O=C(O)c1ccc2c(c1)Oc1c(OC(C(F)(F)F)C(F)(F)F)c3c(c(OC(C(F)(F)F)C(F)(F)F)c1=N2)Oc1cc([N+](=O)[O-])ccc1N=3. The quantitative estimate of drug-likeness (QED) is 0.111. The number of fused-ring (bicyclic) bond motifs is 4. The van der Waals surface area contributed by atoms with Crippen molar-refractivity contribution in [1.82, 2.24) is 0 Å². The Morgan fingerprint density at radius 2 is 1.10 bits per heavy atom. The molecule has 2 aliphatic rings. The highest BCUT2D eigenvalue weighted by atomic mass is 19.4. The van der Waals surface area contributed by atoms with Crippen LogP contribution in [-0.2, 0) is 0 Å². The summed E-state index contributed by atoms with van der Waals surface area (Å²) in [6, 6.07) is 4.15. The number of carbonyl (C=O) groups is 1. The van der Waals surface area contributed by atoms with E-state index >= 15 is 0 Å². The minimum Gasteiger partial charge on any atom is -0.478 e. The predicted molar refractivity (Wildman–Crippen MR) is 128 cm³/mol. The molecular weight excluding hydrogens is 698 g/mol. The Hall–Kier alpha value is -5.51. The van der Waals surface area contributed by atoms with Crippen LogP contribution in [0.15, 0.2) is 46.4 Å². The maximum Gasteiger partial charge on any atom is 0.434 e. The third-order valence-electron chi connectivity index (χ3n) is 6.18. The lowest BCUT2D eigenvalue weighted by atomic mass is 10.1. The number of benzene rings is 3. The van der Waals surface area contributed by atoms with Crippen molar-refractivity contribution in [2.75, 3.05) is 0 Å². The zero-order valence-corrected chi connectivity index (χ0v) is 22.3. The van der Waals surface area contributed by atoms with Crippen molar-refractivity contribution in [3.05, 3.63) is 62.8 Å². The lowest BCUT2D eigenvalue weighted by Crippen LogP contribution is -2.48. The molecule has 48 heavy (non-hydrogen) atoms. The van der Waals surface area contributed by atoms with Crippen LogP contribution < -0.4 is 29.7 Å². The summed E-state index contributed by atoms with van der Waals surface area (Å²) in [5.41, 5.74) is -2.70. The van der Waals surface area contributed by atoms with Crippen molar-refractivity contribution in [1.29, 1.82) is 0 Å². The van der Waals surface area contributed by atoms with Gasteiger partial charge in [-0.05, 0) is 24.3 Å². The average molecular weight is 707 g/mol. The molecule has 2 heterocycles. The highest BCUT2D eigenvalue weighted by Gasteiger charge is 2.61. The molecule has 5 rings (SSSR count). The number of aromatic carboxylic acids is 1. The Bertz CT molecular complexity index is 1800. The van der Waals surface area contributed by atoms with Gasteiger partial charge in [-0.2, -0.15) is 52.7 Å². The van der Waals surface area contributed by atoms with E-state index in [0.29, 0.717) is 18.2 Å². The van der Waals surface area contributed by atoms with E-state index in [2.05, 4.69) is 19.5 Å². The van der Waals surface area contributed by atoms with Gasteiger partial charge in [0.15, 0.2) is 33.7 Å². The molecule has 0 amide bonds. The molecule has 2 aliphatic heterocycles. The summed E-state index contributed by atoms with van der Waals surface area (Å²) in [5, 5.41) is 17.6. The number of nitrogens with zero attached hydrogens (tertiary/aromatic N) is 3. The first-order chi connectivity index (χ1) is 22.0. The fourth-order valence-electron chi connectivity index (χ4n) is 4.19. The van der Waals surface area contributed by atoms with Crippen LogP contribution in [0.25, 0.3) is 0 Å². The standard InChI is InChI=1S/C25H9F12N3O8/c26-22(27,28)20(23(29,30)31)47-17-14-16(46-12-6-8(40(43)44)2-4-10(12)39-14)18(48-21(24(32,33)34)25(35,36)37)13-15(17)45-11-5-7(19(41)42)1-3-9(11)38-13/h1-6,20-21H,(H,41,42). The van der Waals surface area contributed by atoms with Crippen molar-refractivity contribution in [2.24, 2.45) is 9.98 Å². The van der Waals surface area contributed by atoms with Gasteiger partial charge < -0.3 is 24.1 Å². The van der Waals surface area contributed by atoms with Gasteiger partial charge in [0, 0.05) is 6.07 Å². The number of carboxylic acid groups (broad SMARTS) is 1. The van der Waals surface area contributed by atoms with E-state index in [1.54, 1.807) is 0 Å². The molecule has 256 valence electrons. The molecule has 0 aromatic heterocycles. The first-order valence-corrected chi connectivity index (χ1v) is 12.3. The lowest BCUT2D eigenvalue weighted by molar-refractivity contribution is -0.384. The molecule has 11 nitrogen and oxygen atoms in total. The molecule has 0 fully saturated rings. The number of non-ortho nitro benzene ring substituents is 1. The van der Waals surface area contributed by atoms with Gasteiger partial charge in [0.05, 0.1) is 16.6 Å². The van der Waals surface area contributed by atoms with E-state index in [-0.39, 0.29) is 0 Å². The maximum absolute atomic E-state index is 13.6. The van der Waals surface area contributed by atoms with Gasteiger partial charge in [-0.25, -0.2) is 14.8 Å². The van der Waals surface area contributed by atoms with Crippen LogP contribution in [0.5, 0.6) is 34.5 Å². The molecule has 0 saturated carbocycles. The second kappa shape index (κ2) is 11.0. The van der Waals surface area contributed by atoms with Gasteiger partial charge in [-0.3, -0.25) is 10.1 Å². The van der Waals surface area contributed by atoms with E-state index in [0.717, 1.165) is 18.2 Å². The van der Waals surface area contributed by atoms with Gasteiger partial charge in [0.1, 0.15) is 11.4 Å². The highest BCUT2D eigenvalue weighted by Crippen LogP contribution is 2.48. The lowest BCUT2D eigenvalue weighted by Gasteiger charge is -2.29. The fourth-order valence-corrected chi connectivity index (χ4v) is 4.19. The fraction of sp³-hybridized carbons (Fsp3) is 0.240. The van der Waals surface area contributed by atoms with Crippen molar-refractivity contribution in [3.8, 4) is 34.5 Å². The smallest absolute Gasteiger partial charge is 0.434 e. The summed E-state index contributed by atoms with van der Waals surface area (Å²) in [4.78, 5) is 29.0. The number of hydrogen-bond acceptors (Lipinski definition) is 9. The van der Waals surface area contributed by atoms with Crippen molar-refractivity contribution in [2.45, 2.75) is 36.9 Å². The Kier molecular flexibility index (Phi) is 7.78. The van der Waals surface area contributed by atoms with Crippen LogP contribution in [0.1, 0.15) is 10.4 Å². The molecule has 0 radical (unpaired) electrons. The Morgan fingerprint density at radius 3 is 1.48 bits per heavy atom. The maximum atomic E-state index is 13.6. The predicted octanol–water partition coefficient (Wildman–Crippen LogP) is 7.15. The number of rotatable bonds is 6. The van der Waals surface area contributed by atoms with E-state index in [4.69, 9.17) is 9.47 Å². The van der Waals surface area contributed by atoms with Crippen LogP contribution in [0.2, 0.25) is 0 Å². The van der Waals surface area contributed by atoms with Crippen LogP contribution >= 0.6 is 0 Å². The molecule has 0 atom stereocenters. The molecule has 0 aliphatic carbocycles. The molecule has 1 N–H and O–H groups in total. The van der Waals surface area contributed by atoms with Crippen molar-refractivity contribution < 1.29 is 86.5 Å². The van der Waals surface area contributed by atoms with Crippen LogP contribution in [0.3, 0.4) is 0 Å². The van der Waals surface area contributed by atoms with E-state index in [1.807, 2.05) is 0 Å². The summed E-state index contributed by atoms with van der Waals surface area (Å²) < 4.78 is 183. The number of halogens is 12. The van der Waals surface area contributed by atoms with Crippen LogP contribution in [0, 0.1) is 10.1 Å². The monoisotopic (exact) mass is 707 g/mol. The minimum atomic E-state index is -6.28. The number of nitro benzene ring substituents is 1. The number of hydrogen-bond donors (Lipinski definition) is 1. The first-order valence-electron chi connectivity index (χ1n) is 12.3. The molecule has 3 aromatic rings. The molecule has 0 unspecified atom stereocenters. The third-order valence-corrected chi connectivity index (χ3v) is 6.18. The summed E-state index contributed by atoms with van der Waals surface area (Å²) >= 11 is 0. The van der Waals surface area contributed by atoms with Crippen molar-refractivity contribution in [3.63, 3.8) is 0 Å². The summed E-state index contributed by atoms with van der Waals surface area (Å²) in [7, 11) is 0. The second-order valence-electron chi connectivity index (χ2n) is 9.50. The average Bonchev–Trinajstić information content (AvgIpc) is 2.93. The van der Waals surface area contributed by atoms with Crippen LogP contribution in [0.4, 0.5) is 69.7 Å². The number of ether oxygens (including phenoxy) is 4. The topological polar surface area (TPSA) is 142 Å². The van der Waals surface area contributed by atoms with Gasteiger partial charge in [-0.1, -0.05) is 0 Å². The van der Waals surface area contributed by atoms with Gasteiger partial charge >= 0.3 is 30.7 Å². The molecule has 23 heteroatoms. The summed E-state index contributed by atoms with van der Waals surface area (Å²) in [6.45, 7) is 0. The molecule has 3 aromatic carbocycles. The third kappa shape index (κ3) is 6.25. The first kappa shape index (κ1) is 33.8. The van der Waals surface area contributed by atoms with Gasteiger partial charge in [0.2, 0.25) is 11.5 Å². The normalized spacial score (nSPS) is 14.0. The van der Waals surface area contributed by atoms with Crippen LogP contribution in [-0.4, -0.2) is 52.9 Å². The summed E-state index contributed by atoms with van der Waals surface area (Å²) in [6.07, 6.45) is -34.6. The molecule has 0 saturated heterocycles. The largest absolute Gasteiger partial charge is 0.478 e. The number of alkyl halides is 12. The van der Waals surface area contributed by atoms with E-state index in [1.165, 1.54) is 0 Å². The van der Waals surface area contributed by atoms with E-state index in [9.17, 15) is 72.7 Å². The molecule has 0 spiro atoms. The van der Waals surface area contributed by atoms with Gasteiger partial charge in [-0.15, -0.1) is 0 Å². The molecule has 0 bridgehead atoms. The second-order valence-corrected chi connectivity index (χ2v) is 9.50. The zero-order valence-electron chi connectivity index (χ0n) is 22.3. The van der Waals surface area contributed by atoms with E-state index < -0.39 is 116 Å². The highest BCUT2D eigenvalue weighted by molar-refractivity contribution is 5.89. The van der Waals surface area contributed by atoms with Crippen molar-refractivity contribution >= 4 is 23.0 Å².